The van der Waals surface area contributed by atoms with Crippen molar-refractivity contribution in [3.05, 3.63) is 58.1 Å². The Kier molecular flexibility index (Phi) is 9.65. The fourth-order valence-electron chi connectivity index (χ4n) is 3.55. The van der Waals surface area contributed by atoms with Crippen LogP contribution in [-0.2, 0) is 4.74 Å². The Labute approximate surface area is 207 Å². The summed E-state index contributed by atoms with van der Waals surface area (Å²) in [5.41, 5.74) is 1.52. The molecule has 3 rings (SSSR count). The summed E-state index contributed by atoms with van der Waals surface area (Å²) in [5, 5.41) is 5.80. The minimum absolute atomic E-state index is 0.0258. The first-order valence-corrected chi connectivity index (χ1v) is 12.1. The molecule has 0 aromatic heterocycles. The van der Waals surface area contributed by atoms with E-state index in [4.69, 9.17) is 21.7 Å². The number of anilines is 1. The van der Waals surface area contributed by atoms with E-state index >= 15 is 0 Å². The van der Waals surface area contributed by atoms with E-state index in [-0.39, 0.29) is 16.9 Å². The minimum Gasteiger partial charge on any atom is -0.490 e. The zero-order chi connectivity index (χ0) is 23.6. The van der Waals surface area contributed by atoms with Crippen molar-refractivity contribution in [1.29, 1.82) is 0 Å². The Balaban J connectivity index is 1.63. The fraction of sp³-hybridized carbons (Fsp3) is 0.375. The van der Waals surface area contributed by atoms with Gasteiger partial charge in [-0.15, -0.1) is 0 Å². The summed E-state index contributed by atoms with van der Waals surface area (Å²) in [6.07, 6.45) is 4.33. The molecule has 1 aliphatic rings. The van der Waals surface area contributed by atoms with Crippen LogP contribution in [0.1, 0.15) is 46.4 Å². The molecule has 2 aromatic carbocycles. The summed E-state index contributed by atoms with van der Waals surface area (Å²) in [7, 11) is 1.60. The normalized spacial score (nSPS) is 13.7. The molecule has 33 heavy (non-hydrogen) atoms. The molecule has 2 N–H and O–H groups in total. The standard InChI is InChI=1S/C24H28BrN3O4S/c1-31-14-15-32-21-11-10-17(16-19(21)25)22(29)27-24(33)26-20-9-5-4-8-18(20)23(30)28-12-6-2-3-7-13-28/h4-5,8-11,16H,2-3,6-7,12-15H2,1H3,(H2,26,27,29,33). The van der Waals surface area contributed by atoms with Gasteiger partial charge in [0.1, 0.15) is 12.4 Å². The van der Waals surface area contributed by atoms with Crippen LogP contribution in [0.4, 0.5) is 5.69 Å². The van der Waals surface area contributed by atoms with Crippen molar-refractivity contribution in [2.24, 2.45) is 0 Å². The topological polar surface area (TPSA) is 79.9 Å². The highest BCUT2D eigenvalue weighted by Crippen LogP contribution is 2.26. The van der Waals surface area contributed by atoms with Gasteiger partial charge < -0.3 is 19.7 Å². The summed E-state index contributed by atoms with van der Waals surface area (Å²) < 4.78 is 11.2. The predicted molar refractivity (Wildman–Crippen MR) is 136 cm³/mol. The summed E-state index contributed by atoms with van der Waals surface area (Å²) in [6, 6.07) is 12.2. The highest BCUT2D eigenvalue weighted by Gasteiger charge is 2.20. The van der Waals surface area contributed by atoms with Crippen molar-refractivity contribution >= 4 is 50.8 Å². The van der Waals surface area contributed by atoms with Gasteiger partial charge in [0, 0.05) is 25.8 Å². The van der Waals surface area contributed by atoms with Gasteiger partial charge in [-0.05, 0) is 71.3 Å². The Morgan fingerprint density at radius 3 is 2.48 bits per heavy atom. The first-order chi connectivity index (χ1) is 16.0. The van der Waals surface area contributed by atoms with Crippen LogP contribution in [0.5, 0.6) is 5.75 Å². The summed E-state index contributed by atoms with van der Waals surface area (Å²) in [4.78, 5) is 27.7. The SMILES string of the molecule is COCCOc1ccc(C(=O)NC(=S)Nc2ccccc2C(=O)N2CCCCCC2)cc1Br. The maximum Gasteiger partial charge on any atom is 0.257 e. The smallest absolute Gasteiger partial charge is 0.257 e. The summed E-state index contributed by atoms with van der Waals surface area (Å²) in [6.45, 7) is 2.39. The number of hydrogen-bond acceptors (Lipinski definition) is 5. The molecule has 0 radical (unpaired) electrons. The second kappa shape index (κ2) is 12.7. The van der Waals surface area contributed by atoms with E-state index in [1.165, 1.54) is 0 Å². The van der Waals surface area contributed by atoms with E-state index in [1.807, 2.05) is 17.0 Å². The fourth-order valence-corrected chi connectivity index (χ4v) is 4.24. The van der Waals surface area contributed by atoms with Gasteiger partial charge in [0.25, 0.3) is 11.8 Å². The molecular formula is C24H28BrN3O4S. The third kappa shape index (κ3) is 7.25. The number of rotatable bonds is 7. The molecule has 176 valence electrons. The highest BCUT2D eigenvalue weighted by molar-refractivity contribution is 9.10. The number of thiocarbonyl (C=S) groups is 1. The van der Waals surface area contributed by atoms with E-state index in [1.54, 1.807) is 37.4 Å². The lowest BCUT2D eigenvalue weighted by molar-refractivity contribution is 0.0762. The van der Waals surface area contributed by atoms with Crippen LogP contribution in [0.2, 0.25) is 0 Å². The molecule has 0 saturated carbocycles. The lowest BCUT2D eigenvalue weighted by Crippen LogP contribution is -2.36. The molecule has 0 aliphatic carbocycles. The van der Waals surface area contributed by atoms with Crippen LogP contribution in [0, 0.1) is 0 Å². The third-order valence-electron chi connectivity index (χ3n) is 5.27. The number of halogens is 1. The van der Waals surface area contributed by atoms with Gasteiger partial charge in [-0.3, -0.25) is 14.9 Å². The molecule has 1 fully saturated rings. The van der Waals surface area contributed by atoms with Crippen molar-refractivity contribution in [1.82, 2.24) is 10.2 Å². The molecule has 2 aromatic rings. The quantitative estimate of drug-likeness (QED) is 0.399. The predicted octanol–water partition coefficient (Wildman–Crippen LogP) is 4.62. The van der Waals surface area contributed by atoms with Crippen molar-refractivity contribution in [2.45, 2.75) is 25.7 Å². The van der Waals surface area contributed by atoms with E-state index in [9.17, 15) is 9.59 Å². The summed E-state index contributed by atoms with van der Waals surface area (Å²) in [5.74, 6) is 0.223. The first kappa shape index (κ1) is 25.1. The zero-order valence-corrected chi connectivity index (χ0v) is 21.0. The van der Waals surface area contributed by atoms with Gasteiger partial charge in [0.2, 0.25) is 0 Å². The van der Waals surface area contributed by atoms with Crippen molar-refractivity contribution in [2.75, 3.05) is 38.7 Å². The van der Waals surface area contributed by atoms with E-state index in [0.29, 0.717) is 40.3 Å². The molecule has 1 aliphatic heterocycles. The lowest BCUT2D eigenvalue weighted by Gasteiger charge is -2.22. The molecule has 0 unspecified atom stereocenters. The molecule has 1 saturated heterocycles. The Bertz CT molecular complexity index is 993. The second-order valence-corrected chi connectivity index (χ2v) is 8.91. The molecule has 7 nitrogen and oxygen atoms in total. The number of methoxy groups -OCH3 is 1. The van der Waals surface area contributed by atoms with Crippen LogP contribution in [0.25, 0.3) is 0 Å². The third-order valence-corrected chi connectivity index (χ3v) is 6.09. The van der Waals surface area contributed by atoms with Crippen molar-refractivity contribution < 1.29 is 19.1 Å². The van der Waals surface area contributed by atoms with Crippen LogP contribution in [-0.4, -0.2) is 55.2 Å². The van der Waals surface area contributed by atoms with Crippen LogP contribution < -0.4 is 15.4 Å². The lowest BCUT2D eigenvalue weighted by atomic mass is 10.1. The van der Waals surface area contributed by atoms with Crippen LogP contribution >= 0.6 is 28.1 Å². The average Bonchev–Trinajstić information content (AvgIpc) is 3.09. The van der Waals surface area contributed by atoms with Crippen LogP contribution in [0.3, 0.4) is 0 Å². The largest absolute Gasteiger partial charge is 0.490 e. The van der Waals surface area contributed by atoms with Crippen molar-refractivity contribution in [3.63, 3.8) is 0 Å². The van der Waals surface area contributed by atoms with Crippen molar-refractivity contribution in [3.8, 4) is 5.75 Å². The van der Waals surface area contributed by atoms with Gasteiger partial charge in [0.15, 0.2) is 5.11 Å². The number of hydrogen-bond donors (Lipinski definition) is 2. The van der Waals surface area contributed by atoms with Gasteiger partial charge in [-0.2, -0.15) is 0 Å². The number of nitrogens with one attached hydrogen (secondary N) is 2. The summed E-state index contributed by atoms with van der Waals surface area (Å²) >= 11 is 8.77. The number of likely N-dealkylation sites (tertiary alicyclic amines) is 1. The minimum atomic E-state index is -0.368. The highest BCUT2D eigenvalue weighted by atomic mass is 79.9. The van der Waals surface area contributed by atoms with E-state index < -0.39 is 0 Å². The number of para-hydroxylation sites is 1. The molecule has 0 spiro atoms. The number of carbonyl (C=O) groups is 2. The van der Waals surface area contributed by atoms with Gasteiger partial charge >= 0.3 is 0 Å². The van der Waals surface area contributed by atoms with E-state index in [2.05, 4.69) is 26.6 Å². The molecule has 1 heterocycles. The van der Waals surface area contributed by atoms with Gasteiger partial charge in [-0.25, -0.2) is 0 Å². The second-order valence-electron chi connectivity index (χ2n) is 7.65. The number of carbonyl (C=O) groups excluding carboxylic acids is 2. The maximum absolute atomic E-state index is 13.1. The van der Waals surface area contributed by atoms with E-state index in [0.717, 1.165) is 38.8 Å². The molecule has 9 heteroatoms. The Morgan fingerprint density at radius 1 is 1.06 bits per heavy atom. The molecule has 0 atom stereocenters. The molecule has 0 bridgehead atoms. The first-order valence-electron chi connectivity index (χ1n) is 10.9. The molecule has 2 amide bonds. The maximum atomic E-state index is 13.1. The average molecular weight is 534 g/mol. The monoisotopic (exact) mass is 533 g/mol. The Morgan fingerprint density at radius 2 is 1.79 bits per heavy atom. The molecular weight excluding hydrogens is 506 g/mol. The number of ether oxygens (including phenoxy) is 2. The van der Waals surface area contributed by atoms with Gasteiger partial charge in [-0.1, -0.05) is 25.0 Å². The zero-order valence-electron chi connectivity index (χ0n) is 18.6. The number of benzene rings is 2. The number of amides is 2. The Hall–Kier alpha value is -2.49. The van der Waals surface area contributed by atoms with Crippen LogP contribution in [0.15, 0.2) is 46.9 Å². The number of nitrogens with zero attached hydrogens (tertiary/aromatic N) is 1. The van der Waals surface area contributed by atoms with Gasteiger partial charge in [0.05, 0.1) is 22.3 Å².